The predicted octanol–water partition coefficient (Wildman–Crippen LogP) is 2.81. The molecule has 2 aromatic heterocycles. The summed E-state index contributed by atoms with van der Waals surface area (Å²) >= 11 is 7.35. The molecule has 13 heavy (non-hydrogen) atoms. The molecule has 2 nitrogen and oxygen atoms in total. The van der Waals surface area contributed by atoms with Crippen LogP contribution >= 0.6 is 22.9 Å². The first-order chi connectivity index (χ1) is 6.29. The molecule has 0 saturated carbocycles. The number of halogens is 1. The lowest BCUT2D eigenvalue weighted by Gasteiger charge is -2.06. The van der Waals surface area contributed by atoms with Crippen LogP contribution in [0.3, 0.4) is 0 Å². The summed E-state index contributed by atoms with van der Waals surface area (Å²) in [5, 5.41) is 12.3. The molecule has 2 rings (SSSR count). The number of aromatic amines is 1. The van der Waals surface area contributed by atoms with E-state index < -0.39 is 6.10 Å². The maximum Gasteiger partial charge on any atom is 0.116 e. The number of nitrogens with one attached hydrogen (secondary N) is 1. The number of hydrogen-bond donors (Lipinski definition) is 2. The molecule has 1 unspecified atom stereocenters. The van der Waals surface area contributed by atoms with Gasteiger partial charge >= 0.3 is 0 Å². The zero-order valence-corrected chi connectivity index (χ0v) is 8.27. The summed E-state index contributed by atoms with van der Waals surface area (Å²) in [4.78, 5) is 3.69. The Labute approximate surface area is 84.8 Å². The van der Waals surface area contributed by atoms with Gasteiger partial charge in [-0.15, -0.1) is 11.3 Å². The molecule has 4 heteroatoms. The van der Waals surface area contributed by atoms with E-state index in [1.807, 2.05) is 11.4 Å². The van der Waals surface area contributed by atoms with Crippen molar-refractivity contribution in [2.24, 2.45) is 0 Å². The molecule has 2 N–H and O–H groups in total. The lowest BCUT2D eigenvalue weighted by atomic mass is 10.2. The zero-order chi connectivity index (χ0) is 9.26. The van der Waals surface area contributed by atoms with Crippen molar-refractivity contribution in [2.45, 2.75) is 6.10 Å². The van der Waals surface area contributed by atoms with Crippen molar-refractivity contribution in [3.8, 4) is 0 Å². The van der Waals surface area contributed by atoms with Crippen LogP contribution in [0.15, 0.2) is 29.9 Å². The van der Waals surface area contributed by atoms with Gasteiger partial charge in [-0.2, -0.15) is 0 Å². The first-order valence-electron chi connectivity index (χ1n) is 3.82. The second kappa shape index (κ2) is 3.54. The number of aliphatic hydroxyl groups is 1. The lowest BCUT2D eigenvalue weighted by molar-refractivity contribution is 0.224. The van der Waals surface area contributed by atoms with Gasteiger partial charge in [-0.3, -0.25) is 0 Å². The quantitative estimate of drug-likeness (QED) is 0.791. The molecule has 1 atom stereocenters. The molecule has 0 aliphatic rings. The van der Waals surface area contributed by atoms with Gasteiger partial charge in [0.25, 0.3) is 0 Å². The van der Waals surface area contributed by atoms with E-state index in [0.29, 0.717) is 5.02 Å². The van der Waals surface area contributed by atoms with Gasteiger partial charge in [-0.25, -0.2) is 0 Å². The Kier molecular flexibility index (Phi) is 2.40. The van der Waals surface area contributed by atoms with E-state index in [-0.39, 0.29) is 0 Å². The van der Waals surface area contributed by atoms with Crippen LogP contribution in [0.25, 0.3) is 0 Å². The Morgan fingerprint density at radius 1 is 1.46 bits per heavy atom. The molecule has 0 radical (unpaired) electrons. The SMILES string of the molecule is OC(c1cc[nH]c1)c1sccc1Cl. The van der Waals surface area contributed by atoms with Crippen molar-refractivity contribution >= 4 is 22.9 Å². The van der Waals surface area contributed by atoms with Crippen LogP contribution in [0, 0.1) is 0 Å². The summed E-state index contributed by atoms with van der Waals surface area (Å²) in [5.41, 5.74) is 0.837. The Morgan fingerprint density at radius 2 is 2.31 bits per heavy atom. The zero-order valence-electron chi connectivity index (χ0n) is 6.70. The van der Waals surface area contributed by atoms with Crippen LogP contribution in [-0.4, -0.2) is 10.1 Å². The van der Waals surface area contributed by atoms with Crippen LogP contribution in [0.5, 0.6) is 0 Å². The maximum absolute atomic E-state index is 9.86. The van der Waals surface area contributed by atoms with Crippen molar-refractivity contribution in [1.82, 2.24) is 4.98 Å². The van der Waals surface area contributed by atoms with E-state index in [0.717, 1.165) is 10.4 Å². The fourth-order valence-corrected chi connectivity index (χ4v) is 2.33. The third-order valence-corrected chi connectivity index (χ3v) is 3.24. The summed E-state index contributed by atoms with van der Waals surface area (Å²) in [6, 6.07) is 3.62. The van der Waals surface area contributed by atoms with Gasteiger partial charge in [0, 0.05) is 18.0 Å². The fraction of sp³-hybridized carbons (Fsp3) is 0.111. The fourth-order valence-electron chi connectivity index (χ4n) is 1.16. The van der Waals surface area contributed by atoms with Gasteiger partial charge < -0.3 is 10.1 Å². The Bertz CT molecular complexity index is 382. The first kappa shape index (κ1) is 8.81. The maximum atomic E-state index is 9.86. The number of aliphatic hydroxyl groups excluding tert-OH is 1. The van der Waals surface area contributed by atoms with E-state index >= 15 is 0 Å². The average molecular weight is 214 g/mol. The molecule has 0 saturated heterocycles. The van der Waals surface area contributed by atoms with Gasteiger partial charge in [0.1, 0.15) is 6.10 Å². The summed E-state index contributed by atoms with van der Waals surface area (Å²) in [6.07, 6.45) is 2.93. The molecule has 0 spiro atoms. The van der Waals surface area contributed by atoms with Crippen molar-refractivity contribution in [2.75, 3.05) is 0 Å². The highest BCUT2D eigenvalue weighted by molar-refractivity contribution is 7.10. The molecule has 0 aliphatic heterocycles. The van der Waals surface area contributed by atoms with Gasteiger partial charge in [0.15, 0.2) is 0 Å². The van der Waals surface area contributed by atoms with Crippen molar-refractivity contribution < 1.29 is 5.11 Å². The lowest BCUT2D eigenvalue weighted by Crippen LogP contribution is -1.95. The number of H-pyrrole nitrogens is 1. The number of rotatable bonds is 2. The number of aromatic nitrogens is 1. The van der Waals surface area contributed by atoms with Crippen LogP contribution in [0.2, 0.25) is 5.02 Å². The summed E-state index contributed by atoms with van der Waals surface area (Å²) in [7, 11) is 0. The monoisotopic (exact) mass is 213 g/mol. The normalized spacial score (nSPS) is 13.1. The molecule has 0 fully saturated rings. The molecule has 2 heterocycles. The van der Waals surface area contributed by atoms with Crippen LogP contribution in [0.4, 0.5) is 0 Å². The van der Waals surface area contributed by atoms with Crippen LogP contribution < -0.4 is 0 Å². The molecule has 0 aromatic carbocycles. The molecule has 68 valence electrons. The third-order valence-electron chi connectivity index (χ3n) is 1.83. The standard InChI is InChI=1S/C9H8ClNOS/c10-7-2-4-13-9(7)8(12)6-1-3-11-5-6/h1-5,8,11-12H. The highest BCUT2D eigenvalue weighted by Crippen LogP contribution is 2.32. The molecular formula is C9H8ClNOS. The Morgan fingerprint density at radius 3 is 2.85 bits per heavy atom. The first-order valence-corrected chi connectivity index (χ1v) is 5.08. The van der Waals surface area contributed by atoms with E-state index in [4.69, 9.17) is 11.6 Å². The second-order valence-corrected chi connectivity index (χ2v) is 4.03. The van der Waals surface area contributed by atoms with Crippen molar-refractivity contribution in [3.05, 3.63) is 45.4 Å². The van der Waals surface area contributed by atoms with Gasteiger partial charge in [-0.05, 0) is 17.5 Å². The minimum absolute atomic E-state index is 0.612. The van der Waals surface area contributed by atoms with Crippen LogP contribution in [0.1, 0.15) is 16.5 Å². The predicted molar refractivity (Wildman–Crippen MR) is 54.2 cm³/mol. The molecule has 0 aliphatic carbocycles. The molecule has 0 amide bonds. The minimum Gasteiger partial charge on any atom is -0.383 e. The Balaban J connectivity index is 2.33. The van der Waals surface area contributed by atoms with Gasteiger partial charge in [-0.1, -0.05) is 11.6 Å². The third kappa shape index (κ3) is 1.63. The smallest absolute Gasteiger partial charge is 0.116 e. The highest BCUT2D eigenvalue weighted by Gasteiger charge is 2.14. The highest BCUT2D eigenvalue weighted by atomic mass is 35.5. The van der Waals surface area contributed by atoms with E-state index in [1.165, 1.54) is 11.3 Å². The molecule has 2 aromatic rings. The van der Waals surface area contributed by atoms with Gasteiger partial charge in [0.05, 0.1) is 9.90 Å². The van der Waals surface area contributed by atoms with Crippen molar-refractivity contribution in [3.63, 3.8) is 0 Å². The van der Waals surface area contributed by atoms with Crippen molar-refractivity contribution in [1.29, 1.82) is 0 Å². The topological polar surface area (TPSA) is 36.0 Å². The van der Waals surface area contributed by atoms with E-state index in [2.05, 4.69) is 4.98 Å². The number of thiophene rings is 1. The largest absolute Gasteiger partial charge is 0.383 e. The summed E-state index contributed by atoms with van der Waals surface area (Å²) in [5.74, 6) is 0. The van der Waals surface area contributed by atoms with E-state index in [1.54, 1.807) is 18.5 Å². The Hall–Kier alpha value is -0.770. The second-order valence-electron chi connectivity index (χ2n) is 2.68. The van der Waals surface area contributed by atoms with Crippen LogP contribution in [-0.2, 0) is 0 Å². The summed E-state index contributed by atoms with van der Waals surface area (Å²) in [6.45, 7) is 0. The molecule has 0 bridgehead atoms. The van der Waals surface area contributed by atoms with Gasteiger partial charge in [0.2, 0.25) is 0 Å². The average Bonchev–Trinajstić information content (AvgIpc) is 2.72. The summed E-state index contributed by atoms with van der Waals surface area (Å²) < 4.78 is 0. The van der Waals surface area contributed by atoms with E-state index in [9.17, 15) is 5.11 Å². The minimum atomic E-state index is -0.612. The number of hydrogen-bond acceptors (Lipinski definition) is 2. The molecular weight excluding hydrogens is 206 g/mol.